The van der Waals surface area contributed by atoms with Gasteiger partial charge < -0.3 is 19.6 Å². The van der Waals surface area contributed by atoms with E-state index in [1.165, 1.54) is 0 Å². The van der Waals surface area contributed by atoms with Crippen molar-refractivity contribution in [1.29, 1.82) is 0 Å². The third-order valence-electron chi connectivity index (χ3n) is 7.12. The van der Waals surface area contributed by atoms with E-state index >= 15 is 0 Å². The minimum Gasteiger partial charge on any atom is -0.465 e. The largest absolute Gasteiger partial charge is 0.465 e. The molecule has 7 nitrogen and oxygen atoms in total. The third-order valence-corrected chi connectivity index (χ3v) is 9.11. The number of nitrogens with zero attached hydrogens (tertiary/aromatic N) is 2. The van der Waals surface area contributed by atoms with E-state index in [0.29, 0.717) is 32.4 Å². The molecular formula is C24H36N2O5S. The van der Waals surface area contributed by atoms with E-state index in [1.54, 1.807) is 33.7 Å². The third kappa shape index (κ3) is 3.89. The van der Waals surface area contributed by atoms with Crippen molar-refractivity contribution >= 4 is 29.5 Å². The van der Waals surface area contributed by atoms with Crippen molar-refractivity contribution in [3.8, 4) is 0 Å². The molecule has 3 aliphatic heterocycles. The Hall–Kier alpha value is -1.80. The number of aliphatic hydroxyl groups excluding tert-OH is 1. The number of thioether (sulfide) groups is 1. The molecule has 3 fully saturated rings. The number of rotatable bonds is 11. The maximum absolute atomic E-state index is 13.9. The second-order valence-corrected chi connectivity index (χ2v) is 11.4. The number of carbonyl (C=O) groups is 3. The fourth-order valence-corrected chi connectivity index (χ4v) is 8.07. The summed E-state index contributed by atoms with van der Waals surface area (Å²) in [5.74, 6) is -1.80. The van der Waals surface area contributed by atoms with Crippen molar-refractivity contribution in [3.63, 3.8) is 0 Å². The van der Waals surface area contributed by atoms with Gasteiger partial charge in [0.15, 0.2) is 0 Å². The zero-order chi connectivity index (χ0) is 23.7. The molecule has 0 aromatic heterocycles. The van der Waals surface area contributed by atoms with Gasteiger partial charge in [-0.1, -0.05) is 12.2 Å². The van der Waals surface area contributed by atoms with Crippen LogP contribution in [0.3, 0.4) is 0 Å². The Morgan fingerprint density at radius 1 is 1.34 bits per heavy atom. The summed E-state index contributed by atoms with van der Waals surface area (Å²) in [6.45, 7) is 14.2. The summed E-state index contributed by atoms with van der Waals surface area (Å²) in [7, 11) is 0. The molecule has 8 heteroatoms. The Labute approximate surface area is 195 Å². The van der Waals surface area contributed by atoms with Gasteiger partial charge in [0.25, 0.3) is 0 Å². The van der Waals surface area contributed by atoms with E-state index in [0.717, 1.165) is 6.42 Å². The van der Waals surface area contributed by atoms with E-state index in [4.69, 9.17) is 4.74 Å². The van der Waals surface area contributed by atoms with Gasteiger partial charge in [-0.3, -0.25) is 14.4 Å². The zero-order valence-corrected chi connectivity index (χ0v) is 20.2. The molecule has 3 heterocycles. The standard InChI is InChI=1S/C24H36N2O5S/c1-6-8-15-31-22(30)18-17-20(28)26(13-9-14-27)19(21(29)25(12-7-2)16(3)4)24(17)11-10-23(18,5)32-24/h6-7,16-19,27H,1-2,8-15H2,3-5H3/t17-,18+,19?,23-,24?/m0/s1. The molecule has 1 spiro atoms. The van der Waals surface area contributed by atoms with Crippen LogP contribution in [0.1, 0.15) is 46.5 Å². The van der Waals surface area contributed by atoms with E-state index in [9.17, 15) is 19.5 Å². The van der Waals surface area contributed by atoms with Gasteiger partial charge in [0.1, 0.15) is 6.04 Å². The fourth-order valence-electron chi connectivity index (χ4n) is 5.73. The number of esters is 1. The van der Waals surface area contributed by atoms with Crippen molar-refractivity contribution in [2.24, 2.45) is 11.8 Å². The number of hydrogen-bond acceptors (Lipinski definition) is 6. The normalized spacial score (nSPS) is 32.8. The Morgan fingerprint density at radius 2 is 2.06 bits per heavy atom. The van der Waals surface area contributed by atoms with E-state index in [2.05, 4.69) is 13.2 Å². The number of amides is 2. The summed E-state index contributed by atoms with van der Waals surface area (Å²) in [4.78, 5) is 44.2. The Balaban J connectivity index is 2.01. The average Bonchev–Trinajstić information content (AvgIpc) is 3.30. The average molecular weight is 465 g/mol. The SMILES string of the molecule is C=CCCOC(=O)[C@H]1[C@H]2C(=O)N(CCCO)C(C(=O)N(CC=C)C(C)C)C23CC[C@]1(C)S3. The summed E-state index contributed by atoms with van der Waals surface area (Å²) in [6, 6.07) is -0.712. The summed E-state index contributed by atoms with van der Waals surface area (Å²) in [5, 5.41) is 9.42. The lowest BCUT2D eigenvalue weighted by Gasteiger charge is -2.38. The van der Waals surface area contributed by atoms with Gasteiger partial charge in [0, 0.05) is 30.5 Å². The summed E-state index contributed by atoms with van der Waals surface area (Å²) in [6.07, 6.45) is 5.79. The van der Waals surface area contributed by atoms with Crippen LogP contribution in [0.2, 0.25) is 0 Å². The zero-order valence-electron chi connectivity index (χ0n) is 19.4. The van der Waals surface area contributed by atoms with Crippen molar-refractivity contribution < 1.29 is 24.2 Å². The van der Waals surface area contributed by atoms with Crippen molar-refractivity contribution in [1.82, 2.24) is 9.80 Å². The second kappa shape index (κ2) is 9.59. The molecule has 0 aromatic rings. The first-order chi connectivity index (χ1) is 15.2. The van der Waals surface area contributed by atoms with Crippen LogP contribution in [-0.2, 0) is 19.1 Å². The monoisotopic (exact) mass is 464 g/mol. The lowest BCUT2D eigenvalue weighted by molar-refractivity contribution is -0.155. The molecule has 3 aliphatic rings. The summed E-state index contributed by atoms with van der Waals surface area (Å²) in [5.41, 5.74) is 0. The second-order valence-electron chi connectivity index (χ2n) is 9.45. The Bertz CT molecular complexity index is 786. The first kappa shape index (κ1) is 24.8. The quantitative estimate of drug-likeness (QED) is 0.287. The molecule has 32 heavy (non-hydrogen) atoms. The first-order valence-corrected chi connectivity index (χ1v) is 12.3. The Kier molecular flexibility index (Phi) is 7.44. The molecule has 5 atom stereocenters. The summed E-state index contributed by atoms with van der Waals surface area (Å²) >= 11 is 1.63. The van der Waals surface area contributed by atoms with Crippen molar-refractivity contribution in [2.75, 3.05) is 26.3 Å². The molecule has 178 valence electrons. The minimum atomic E-state index is -0.660. The molecule has 2 bridgehead atoms. The van der Waals surface area contributed by atoms with Crippen LogP contribution in [-0.4, -0.2) is 80.6 Å². The first-order valence-electron chi connectivity index (χ1n) is 11.5. The number of fused-ring (bicyclic) bond motifs is 1. The molecule has 0 aliphatic carbocycles. The highest BCUT2D eigenvalue weighted by molar-refractivity contribution is 8.02. The van der Waals surface area contributed by atoms with Crippen LogP contribution >= 0.6 is 11.8 Å². The Morgan fingerprint density at radius 3 is 2.66 bits per heavy atom. The number of aliphatic hydroxyl groups is 1. The molecular weight excluding hydrogens is 428 g/mol. The van der Waals surface area contributed by atoms with E-state index in [-0.39, 0.29) is 37.0 Å². The maximum atomic E-state index is 13.9. The fraction of sp³-hybridized carbons (Fsp3) is 0.708. The molecule has 2 amide bonds. The van der Waals surface area contributed by atoms with Crippen LogP contribution in [0.5, 0.6) is 0 Å². The number of ether oxygens (including phenoxy) is 1. The van der Waals surface area contributed by atoms with Crippen molar-refractivity contribution in [3.05, 3.63) is 25.3 Å². The van der Waals surface area contributed by atoms with Crippen molar-refractivity contribution in [2.45, 2.75) is 68.0 Å². The van der Waals surface area contributed by atoms with Gasteiger partial charge in [0.05, 0.1) is 23.2 Å². The molecule has 1 N–H and O–H groups in total. The summed E-state index contributed by atoms with van der Waals surface area (Å²) < 4.78 is 4.44. The van der Waals surface area contributed by atoms with Gasteiger partial charge in [-0.2, -0.15) is 0 Å². The highest BCUT2D eigenvalue weighted by Crippen LogP contribution is 2.71. The number of hydrogen-bond donors (Lipinski definition) is 1. The lowest BCUT2D eigenvalue weighted by atomic mass is 9.66. The predicted octanol–water partition coefficient (Wildman–Crippen LogP) is 2.39. The van der Waals surface area contributed by atoms with Gasteiger partial charge in [0.2, 0.25) is 11.8 Å². The molecule has 0 saturated carbocycles. The predicted molar refractivity (Wildman–Crippen MR) is 125 cm³/mol. The molecule has 0 radical (unpaired) electrons. The van der Waals surface area contributed by atoms with Crippen LogP contribution in [0.4, 0.5) is 0 Å². The van der Waals surface area contributed by atoms with Crippen LogP contribution in [0, 0.1) is 11.8 Å². The van der Waals surface area contributed by atoms with Crippen LogP contribution in [0.15, 0.2) is 25.3 Å². The van der Waals surface area contributed by atoms with Crippen LogP contribution < -0.4 is 0 Å². The number of carbonyl (C=O) groups excluding carboxylic acids is 3. The molecule has 3 rings (SSSR count). The highest BCUT2D eigenvalue weighted by Gasteiger charge is 2.77. The lowest BCUT2D eigenvalue weighted by Crippen LogP contribution is -2.56. The van der Waals surface area contributed by atoms with Gasteiger partial charge >= 0.3 is 5.97 Å². The molecule has 0 aromatic carbocycles. The van der Waals surface area contributed by atoms with Gasteiger partial charge in [-0.05, 0) is 46.5 Å². The minimum absolute atomic E-state index is 0.0513. The molecule has 3 saturated heterocycles. The molecule has 2 unspecified atom stereocenters. The van der Waals surface area contributed by atoms with E-state index < -0.39 is 27.4 Å². The van der Waals surface area contributed by atoms with Gasteiger partial charge in [-0.15, -0.1) is 24.9 Å². The van der Waals surface area contributed by atoms with E-state index in [1.807, 2.05) is 20.8 Å². The van der Waals surface area contributed by atoms with Gasteiger partial charge in [-0.25, -0.2) is 0 Å². The highest BCUT2D eigenvalue weighted by atomic mass is 32.2. The maximum Gasteiger partial charge on any atom is 0.311 e. The topological polar surface area (TPSA) is 87.1 Å². The van der Waals surface area contributed by atoms with Crippen LogP contribution in [0.25, 0.3) is 0 Å². The number of likely N-dealkylation sites (tertiary alicyclic amines) is 1. The smallest absolute Gasteiger partial charge is 0.311 e.